The Bertz CT molecular complexity index is 1860. The SMILES string of the molecule is Cn1ccnc1-c1ccc(C#N)c(Oc2ccc3c4ccccc4n(-c4cc(C(C)(C)C)ccn4)c3c2)c1. The summed E-state index contributed by atoms with van der Waals surface area (Å²) in [6.45, 7) is 6.61. The molecule has 3 aromatic carbocycles. The molecule has 0 aliphatic heterocycles. The van der Waals surface area contributed by atoms with Crippen molar-refractivity contribution < 1.29 is 4.74 Å². The van der Waals surface area contributed by atoms with Gasteiger partial charge in [0, 0.05) is 48.0 Å². The third-order valence-corrected chi connectivity index (χ3v) is 6.90. The molecule has 6 nitrogen and oxygen atoms in total. The van der Waals surface area contributed by atoms with Gasteiger partial charge in [-0.2, -0.15) is 5.26 Å². The van der Waals surface area contributed by atoms with E-state index in [1.165, 1.54) is 5.56 Å². The number of para-hydroxylation sites is 1. The largest absolute Gasteiger partial charge is 0.456 e. The molecule has 0 atom stereocenters. The molecule has 6 heteroatoms. The average Bonchev–Trinajstić information content (AvgIpc) is 3.49. The average molecular weight is 498 g/mol. The van der Waals surface area contributed by atoms with Gasteiger partial charge in [0.05, 0.1) is 16.6 Å². The van der Waals surface area contributed by atoms with Gasteiger partial charge in [-0.1, -0.05) is 39.0 Å². The van der Waals surface area contributed by atoms with Crippen molar-refractivity contribution in [3.8, 4) is 34.8 Å². The highest BCUT2D eigenvalue weighted by Crippen LogP contribution is 2.37. The molecule has 0 fully saturated rings. The summed E-state index contributed by atoms with van der Waals surface area (Å²) >= 11 is 0. The number of benzene rings is 3. The molecule has 186 valence electrons. The van der Waals surface area contributed by atoms with Gasteiger partial charge in [0.2, 0.25) is 0 Å². The molecule has 0 aliphatic carbocycles. The predicted molar refractivity (Wildman–Crippen MR) is 151 cm³/mol. The third kappa shape index (κ3) is 3.99. The lowest BCUT2D eigenvalue weighted by Crippen LogP contribution is -2.12. The van der Waals surface area contributed by atoms with Crippen LogP contribution in [0.25, 0.3) is 39.0 Å². The highest BCUT2D eigenvalue weighted by atomic mass is 16.5. The van der Waals surface area contributed by atoms with Crippen molar-refractivity contribution >= 4 is 21.8 Å². The molecule has 0 amide bonds. The van der Waals surface area contributed by atoms with Crippen LogP contribution >= 0.6 is 0 Å². The second-order valence-electron chi connectivity index (χ2n) is 10.5. The van der Waals surface area contributed by atoms with Gasteiger partial charge < -0.3 is 9.30 Å². The Hall–Kier alpha value is -4.89. The van der Waals surface area contributed by atoms with E-state index in [0.29, 0.717) is 17.1 Å². The Morgan fingerprint density at radius 1 is 0.842 bits per heavy atom. The number of aromatic nitrogens is 4. The highest BCUT2D eigenvalue weighted by Gasteiger charge is 2.18. The van der Waals surface area contributed by atoms with Crippen molar-refractivity contribution in [2.24, 2.45) is 7.05 Å². The molecule has 0 saturated carbocycles. The van der Waals surface area contributed by atoms with E-state index >= 15 is 0 Å². The summed E-state index contributed by atoms with van der Waals surface area (Å²) in [5, 5.41) is 12.0. The normalized spacial score (nSPS) is 11.7. The van der Waals surface area contributed by atoms with Crippen molar-refractivity contribution in [3.05, 3.63) is 103 Å². The summed E-state index contributed by atoms with van der Waals surface area (Å²) in [4.78, 5) is 9.19. The van der Waals surface area contributed by atoms with Gasteiger partial charge in [0.25, 0.3) is 0 Å². The first-order chi connectivity index (χ1) is 18.3. The lowest BCUT2D eigenvalue weighted by atomic mass is 9.88. The summed E-state index contributed by atoms with van der Waals surface area (Å²) in [5.41, 5.74) is 4.61. The van der Waals surface area contributed by atoms with Crippen LogP contribution in [0.1, 0.15) is 31.9 Å². The van der Waals surface area contributed by atoms with Gasteiger partial charge in [-0.15, -0.1) is 0 Å². The Balaban J connectivity index is 1.51. The molecule has 6 aromatic rings. The molecule has 6 rings (SSSR count). The smallest absolute Gasteiger partial charge is 0.145 e. The van der Waals surface area contributed by atoms with E-state index in [2.05, 4.69) is 72.8 Å². The van der Waals surface area contributed by atoms with Gasteiger partial charge in [-0.05, 0) is 59.5 Å². The molecule has 0 radical (unpaired) electrons. The van der Waals surface area contributed by atoms with Crippen LogP contribution in [0.3, 0.4) is 0 Å². The van der Waals surface area contributed by atoms with Crippen LogP contribution in [0, 0.1) is 11.3 Å². The molecular formula is C32H27N5O. The van der Waals surface area contributed by atoms with Gasteiger partial charge in [-0.25, -0.2) is 9.97 Å². The number of fused-ring (bicyclic) bond motifs is 3. The number of ether oxygens (including phenoxy) is 1. The van der Waals surface area contributed by atoms with E-state index in [-0.39, 0.29) is 5.41 Å². The van der Waals surface area contributed by atoms with E-state index in [4.69, 9.17) is 9.72 Å². The number of imidazole rings is 1. The van der Waals surface area contributed by atoms with Crippen molar-refractivity contribution in [2.45, 2.75) is 26.2 Å². The number of hydrogen-bond donors (Lipinski definition) is 0. The van der Waals surface area contributed by atoms with Crippen LogP contribution in [0.2, 0.25) is 0 Å². The van der Waals surface area contributed by atoms with E-state index in [9.17, 15) is 5.26 Å². The van der Waals surface area contributed by atoms with E-state index in [1.54, 1.807) is 12.3 Å². The minimum absolute atomic E-state index is 0.00334. The number of rotatable bonds is 4. The minimum atomic E-state index is -0.00334. The van der Waals surface area contributed by atoms with Crippen LogP contribution in [0.5, 0.6) is 11.5 Å². The van der Waals surface area contributed by atoms with E-state index in [0.717, 1.165) is 39.0 Å². The zero-order valence-corrected chi connectivity index (χ0v) is 21.8. The van der Waals surface area contributed by atoms with Crippen LogP contribution in [-0.2, 0) is 12.5 Å². The zero-order valence-electron chi connectivity index (χ0n) is 21.8. The first-order valence-electron chi connectivity index (χ1n) is 12.5. The maximum atomic E-state index is 9.76. The Labute approximate surface area is 221 Å². The second kappa shape index (κ2) is 8.89. The second-order valence-corrected chi connectivity index (χ2v) is 10.5. The molecule has 0 saturated heterocycles. The lowest BCUT2D eigenvalue weighted by Gasteiger charge is -2.20. The van der Waals surface area contributed by atoms with Gasteiger partial charge in [-0.3, -0.25) is 4.57 Å². The quantitative estimate of drug-likeness (QED) is 0.252. The summed E-state index contributed by atoms with van der Waals surface area (Å²) < 4.78 is 10.5. The molecule has 0 bridgehead atoms. The Morgan fingerprint density at radius 3 is 2.42 bits per heavy atom. The van der Waals surface area contributed by atoms with Crippen molar-refractivity contribution in [1.29, 1.82) is 5.26 Å². The van der Waals surface area contributed by atoms with E-state index < -0.39 is 0 Å². The maximum absolute atomic E-state index is 9.76. The molecule has 38 heavy (non-hydrogen) atoms. The number of hydrogen-bond acceptors (Lipinski definition) is 4. The maximum Gasteiger partial charge on any atom is 0.145 e. The first kappa shape index (κ1) is 23.5. The molecule has 3 aromatic heterocycles. The standard InChI is InChI=1S/C32H27N5O/c1-32(2,3)23-13-14-34-30(18-23)37-27-8-6-5-7-25(27)26-12-11-24(19-28(26)37)38-29-17-21(9-10-22(29)20-33)31-35-15-16-36(31)4/h5-19H,1-4H3. The predicted octanol–water partition coefficient (Wildman–Crippen LogP) is 7.54. The molecule has 0 unspecified atom stereocenters. The zero-order chi connectivity index (χ0) is 26.4. The lowest BCUT2D eigenvalue weighted by molar-refractivity contribution is 0.482. The van der Waals surface area contributed by atoms with Crippen molar-refractivity contribution in [2.75, 3.05) is 0 Å². The number of pyridine rings is 1. The summed E-state index contributed by atoms with van der Waals surface area (Å²) in [6, 6.07) is 26.4. The topological polar surface area (TPSA) is 68.7 Å². The van der Waals surface area contributed by atoms with Crippen molar-refractivity contribution in [1.82, 2.24) is 19.1 Å². The molecule has 0 spiro atoms. The van der Waals surface area contributed by atoms with Gasteiger partial charge >= 0.3 is 0 Å². The van der Waals surface area contributed by atoms with Crippen LogP contribution in [0.4, 0.5) is 0 Å². The summed E-state index contributed by atoms with van der Waals surface area (Å²) in [5.74, 6) is 2.79. The molecule has 0 aliphatic rings. The van der Waals surface area contributed by atoms with Crippen LogP contribution in [0.15, 0.2) is 91.4 Å². The highest BCUT2D eigenvalue weighted by molar-refractivity contribution is 6.09. The number of aryl methyl sites for hydroxylation is 1. The Kier molecular flexibility index (Phi) is 5.50. The fraction of sp³-hybridized carbons (Fsp3) is 0.156. The fourth-order valence-corrected chi connectivity index (χ4v) is 4.88. The van der Waals surface area contributed by atoms with Gasteiger partial charge in [0.15, 0.2) is 0 Å². The monoisotopic (exact) mass is 497 g/mol. The van der Waals surface area contributed by atoms with Crippen LogP contribution < -0.4 is 4.74 Å². The van der Waals surface area contributed by atoms with Crippen LogP contribution in [-0.4, -0.2) is 19.1 Å². The Morgan fingerprint density at radius 2 is 1.66 bits per heavy atom. The summed E-state index contributed by atoms with van der Waals surface area (Å²) in [6.07, 6.45) is 5.52. The third-order valence-electron chi connectivity index (χ3n) is 6.90. The van der Waals surface area contributed by atoms with Crippen molar-refractivity contribution in [3.63, 3.8) is 0 Å². The molecule has 0 N–H and O–H groups in total. The van der Waals surface area contributed by atoms with Gasteiger partial charge in [0.1, 0.15) is 29.2 Å². The van der Waals surface area contributed by atoms with E-state index in [1.807, 2.05) is 54.3 Å². The first-order valence-corrected chi connectivity index (χ1v) is 12.5. The number of nitriles is 1. The molecule has 3 heterocycles. The molecular weight excluding hydrogens is 470 g/mol. The summed E-state index contributed by atoms with van der Waals surface area (Å²) in [7, 11) is 1.94. The minimum Gasteiger partial charge on any atom is -0.456 e. The fourth-order valence-electron chi connectivity index (χ4n) is 4.88. The number of nitrogens with zero attached hydrogens (tertiary/aromatic N) is 5.